The molecule has 0 saturated carbocycles. The Morgan fingerprint density at radius 2 is 1.13 bits per heavy atom. The van der Waals surface area contributed by atoms with Gasteiger partial charge in [-0.15, -0.1) is 0 Å². The first-order chi connectivity index (χ1) is 10.7. The fraction of sp³-hybridized carbons (Fsp3) is 0.143. The molecule has 2 aromatic heterocycles. The fourth-order valence-electron chi connectivity index (χ4n) is 0.983. The predicted molar refractivity (Wildman–Crippen MR) is 92.2 cm³/mol. The Bertz CT molecular complexity index is 496. The summed E-state index contributed by atoms with van der Waals surface area (Å²) in [5.41, 5.74) is 1.43. The molecule has 0 spiro atoms. The zero-order chi connectivity index (χ0) is 17.1. The van der Waals surface area contributed by atoms with Crippen LogP contribution in [-0.2, 0) is 30.0 Å². The minimum absolute atomic E-state index is 0. The van der Waals surface area contributed by atoms with E-state index in [0.717, 1.165) is 0 Å². The van der Waals surface area contributed by atoms with Crippen LogP contribution in [0.25, 0.3) is 10.8 Å². The van der Waals surface area contributed by atoms with Crippen LogP contribution in [0.3, 0.4) is 0 Å². The maximum absolute atomic E-state index is 8.48. The quantitative estimate of drug-likeness (QED) is 0.599. The van der Waals surface area contributed by atoms with Crippen molar-refractivity contribution in [3.8, 4) is 0 Å². The van der Waals surface area contributed by atoms with E-state index >= 15 is 0 Å². The Balaban J connectivity index is -0.000000253. The average molecular weight is 393 g/mol. The molecule has 2 aromatic rings. The second-order valence-electron chi connectivity index (χ2n) is 3.14. The summed E-state index contributed by atoms with van der Waals surface area (Å²) in [6.07, 6.45) is 3.32. The first kappa shape index (κ1) is 26.2. The smallest absolute Gasteiger partial charge is 0.753 e. The standard InChI is InChI=1S/2C6H7NO.2CNS.Co/c2*8-5-6-3-1-2-4-7-6;2*2-1-3;/h2*1-4,8H,5H2;;;/q;;2*-1;+2. The van der Waals surface area contributed by atoms with Crippen LogP contribution >= 0.6 is 24.4 Å². The maximum atomic E-state index is 8.48. The first-order valence-electron chi connectivity index (χ1n) is 5.74. The van der Waals surface area contributed by atoms with E-state index in [2.05, 4.69) is 34.4 Å². The number of aliphatic hydroxyl groups is 2. The van der Waals surface area contributed by atoms with Crippen molar-refractivity contribution in [2.24, 2.45) is 0 Å². The van der Waals surface area contributed by atoms with Crippen LogP contribution in [0, 0.1) is 0 Å². The van der Waals surface area contributed by atoms with Gasteiger partial charge in [-0.05, 0) is 24.3 Å². The van der Waals surface area contributed by atoms with E-state index in [4.69, 9.17) is 21.0 Å². The third-order valence-electron chi connectivity index (χ3n) is 1.78. The number of aliphatic hydroxyl groups excluding tert-OH is 2. The Morgan fingerprint density at radius 1 is 0.826 bits per heavy atom. The van der Waals surface area contributed by atoms with Gasteiger partial charge in [-0.1, -0.05) is 36.6 Å². The topological polar surface area (TPSA) is 111 Å². The van der Waals surface area contributed by atoms with Gasteiger partial charge in [-0.2, -0.15) is 10.3 Å². The van der Waals surface area contributed by atoms with Crippen LogP contribution in [0.2, 0.25) is 0 Å². The van der Waals surface area contributed by atoms with Crippen molar-refractivity contribution in [2.75, 3.05) is 0 Å². The normalized spacial score (nSPS) is 7.04. The van der Waals surface area contributed by atoms with E-state index in [0.29, 0.717) is 11.4 Å². The fourth-order valence-corrected chi connectivity index (χ4v) is 0.983. The second-order valence-corrected chi connectivity index (χ2v) is 3.51. The van der Waals surface area contributed by atoms with Crippen LogP contribution < -0.4 is 0 Å². The molecule has 0 atom stereocenters. The molecule has 0 fully saturated rings. The predicted octanol–water partition coefficient (Wildman–Crippen LogP) is 2.46. The van der Waals surface area contributed by atoms with Gasteiger partial charge in [-0.3, -0.25) is 9.97 Å². The Hall–Kier alpha value is -1.67. The van der Waals surface area contributed by atoms with Crippen molar-refractivity contribution < 1.29 is 27.0 Å². The molecule has 0 aromatic carbocycles. The molecule has 0 aliphatic rings. The van der Waals surface area contributed by atoms with Crippen molar-refractivity contribution in [2.45, 2.75) is 13.2 Å². The SMILES string of the molecule is OCc1ccccn1.OCc1ccccn1.[Co+2].[N-]=C=S.[N-]=C=S. The van der Waals surface area contributed by atoms with Crippen LogP contribution in [0.4, 0.5) is 0 Å². The van der Waals surface area contributed by atoms with Gasteiger partial charge >= 0.3 is 16.8 Å². The molecule has 2 heterocycles. The summed E-state index contributed by atoms with van der Waals surface area (Å²) in [5.74, 6) is 0. The zero-order valence-electron chi connectivity index (χ0n) is 11.9. The van der Waals surface area contributed by atoms with E-state index in [1.54, 1.807) is 24.5 Å². The van der Waals surface area contributed by atoms with Gasteiger partial charge in [-0.25, -0.2) is 0 Å². The number of thiocarbonyl (C=S) groups is 2. The molecule has 9 heteroatoms. The summed E-state index contributed by atoms with van der Waals surface area (Å²) >= 11 is 7.40. The van der Waals surface area contributed by atoms with Gasteiger partial charge in [0.2, 0.25) is 0 Å². The molecule has 6 nitrogen and oxygen atoms in total. The van der Waals surface area contributed by atoms with Crippen molar-refractivity contribution >= 4 is 34.8 Å². The van der Waals surface area contributed by atoms with Gasteiger partial charge in [0, 0.05) is 12.4 Å². The van der Waals surface area contributed by atoms with E-state index in [1.165, 1.54) is 10.3 Å². The van der Waals surface area contributed by atoms with Crippen LogP contribution in [0.5, 0.6) is 0 Å². The molecule has 0 bridgehead atoms. The van der Waals surface area contributed by atoms with Gasteiger partial charge in [0.15, 0.2) is 0 Å². The first-order valence-corrected chi connectivity index (χ1v) is 6.55. The van der Waals surface area contributed by atoms with E-state index in [1.807, 2.05) is 24.3 Å². The second kappa shape index (κ2) is 22.6. The van der Waals surface area contributed by atoms with Crippen molar-refractivity contribution in [1.29, 1.82) is 0 Å². The van der Waals surface area contributed by atoms with Crippen molar-refractivity contribution in [3.05, 3.63) is 71.0 Å². The van der Waals surface area contributed by atoms with E-state index in [-0.39, 0.29) is 30.0 Å². The van der Waals surface area contributed by atoms with Crippen LogP contribution in [0.1, 0.15) is 11.4 Å². The average Bonchev–Trinajstić information content (AvgIpc) is 2.58. The summed E-state index contributed by atoms with van der Waals surface area (Å²) in [6.45, 7) is 0.0572. The molecule has 0 saturated heterocycles. The molecule has 23 heavy (non-hydrogen) atoms. The van der Waals surface area contributed by atoms with Crippen molar-refractivity contribution in [3.63, 3.8) is 0 Å². The Kier molecular flexibility index (Phi) is 25.8. The monoisotopic (exact) mass is 393 g/mol. The maximum Gasteiger partial charge on any atom is 2.00 e. The molecule has 0 unspecified atom stereocenters. The zero-order valence-corrected chi connectivity index (χ0v) is 14.5. The van der Waals surface area contributed by atoms with Crippen LogP contribution in [0.15, 0.2) is 48.8 Å². The summed E-state index contributed by atoms with van der Waals surface area (Å²) in [6, 6.07) is 10.9. The third-order valence-corrected chi connectivity index (χ3v) is 1.78. The Morgan fingerprint density at radius 3 is 1.26 bits per heavy atom. The number of hydrogen-bond acceptors (Lipinski definition) is 6. The number of hydrogen-bond donors (Lipinski definition) is 2. The van der Waals surface area contributed by atoms with Gasteiger partial charge < -0.3 is 21.0 Å². The molecular formula is C14H14CoN4O2S2. The summed E-state index contributed by atoms with van der Waals surface area (Å²) in [7, 11) is 0. The van der Waals surface area contributed by atoms with Gasteiger partial charge in [0.05, 0.1) is 24.6 Å². The molecular weight excluding hydrogens is 379 g/mol. The minimum Gasteiger partial charge on any atom is -0.753 e. The summed E-state index contributed by atoms with van der Waals surface area (Å²) in [4.78, 5) is 7.69. The molecule has 123 valence electrons. The molecule has 2 N–H and O–H groups in total. The van der Waals surface area contributed by atoms with E-state index in [9.17, 15) is 0 Å². The molecule has 0 amide bonds. The summed E-state index contributed by atoms with van der Waals surface area (Å²) < 4.78 is 0. The largest absolute Gasteiger partial charge is 2.00 e. The van der Waals surface area contributed by atoms with Gasteiger partial charge in [0.25, 0.3) is 0 Å². The number of aromatic nitrogens is 2. The number of isothiocyanates is 2. The minimum atomic E-state index is 0. The Labute approximate surface area is 155 Å². The molecule has 0 aliphatic carbocycles. The molecule has 0 aliphatic heterocycles. The van der Waals surface area contributed by atoms with Crippen molar-refractivity contribution in [1.82, 2.24) is 9.97 Å². The number of rotatable bonds is 2. The van der Waals surface area contributed by atoms with Crippen LogP contribution in [-0.4, -0.2) is 30.5 Å². The number of nitrogens with zero attached hydrogens (tertiary/aromatic N) is 4. The number of pyridine rings is 2. The molecule has 2 rings (SSSR count). The summed E-state index contributed by atoms with van der Waals surface area (Å²) in [5, 5.41) is 33.9. The molecule has 1 radical (unpaired) electrons. The van der Waals surface area contributed by atoms with E-state index < -0.39 is 0 Å². The van der Waals surface area contributed by atoms with Gasteiger partial charge in [0.1, 0.15) is 0 Å². The third kappa shape index (κ3) is 20.3.